The molecule has 136 valence electrons. The SMILES string of the molecule is CCCC1C(=O)NN=C(c2ccc(NCc3ccccc3)c(O)c2)C1C. The maximum Gasteiger partial charge on any atom is 0.243 e. The fraction of sp³-hybridized carbons (Fsp3) is 0.333. The maximum absolute atomic E-state index is 12.0. The van der Waals surface area contributed by atoms with Crippen LogP contribution in [0.15, 0.2) is 53.6 Å². The Kier molecular flexibility index (Phi) is 5.56. The average molecular weight is 351 g/mol. The largest absolute Gasteiger partial charge is 0.506 e. The lowest BCUT2D eigenvalue weighted by atomic mass is 9.82. The summed E-state index contributed by atoms with van der Waals surface area (Å²) < 4.78 is 0. The Balaban J connectivity index is 1.75. The first-order valence-electron chi connectivity index (χ1n) is 9.08. The molecule has 1 aliphatic heterocycles. The molecule has 0 fully saturated rings. The van der Waals surface area contributed by atoms with Crippen LogP contribution in [0.2, 0.25) is 0 Å². The molecule has 3 N–H and O–H groups in total. The van der Waals surface area contributed by atoms with Crippen LogP contribution in [-0.4, -0.2) is 16.7 Å². The number of hydrazone groups is 1. The van der Waals surface area contributed by atoms with Crippen LogP contribution in [-0.2, 0) is 11.3 Å². The number of phenols is 1. The van der Waals surface area contributed by atoms with Gasteiger partial charge in [0.2, 0.25) is 5.91 Å². The number of hydrogen-bond acceptors (Lipinski definition) is 4. The van der Waals surface area contributed by atoms with Crippen LogP contribution < -0.4 is 10.7 Å². The minimum atomic E-state index is -0.0782. The highest BCUT2D eigenvalue weighted by molar-refractivity contribution is 6.06. The molecule has 1 aliphatic rings. The Morgan fingerprint density at radius 1 is 1.19 bits per heavy atom. The predicted octanol–water partition coefficient (Wildman–Crippen LogP) is 3.89. The number of hydrogen-bond donors (Lipinski definition) is 3. The highest BCUT2D eigenvalue weighted by Crippen LogP contribution is 2.30. The quantitative estimate of drug-likeness (QED) is 0.691. The molecule has 3 rings (SSSR count). The standard InChI is InChI=1S/C21H25N3O2/c1-3-7-17-14(2)20(23-24-21(17)26)16-10-11-18(19(25)12-16)22-13-15-8-5-4-6-9-15/h4-6,8-12,14,17,22,25H,3,7,13H2,1-2H3,(H,24,26). The molecule has 2 atom stereocenters. The van der Waals surface area contributed by atoms with Gasteiger partial charge in [-0.3, -0.25) is 4.79 Å². The summed E-state index contributed by atoms with van der Waals surface area (Å²) in [6, 6.07) is 15.5. The number of carbonyl (C=O) groups is 1. The molecule has 2 aromatic rings. The second kappa shape index (κ2) is 8.04. The first-order chi connectivity index (χ1) is 12.6. The second-order valence-corrected chi connectivity index (χ2v) is 6.73. The predicted molar refractivity (Wildman–Crippen MR) is 104 cm³/mol. The number of aromatic hydroxyl groups is 1. The van der Waals surface area contributed by atoms with Crippen LogP contribution in [0.3, 0.4) is 0 Å². The smallest absolute Gasteiger partial charge is 0.243 e. The first kappa shape index (κ1) is 18.0. The van der Waals surface area contributed by atoms with Crippen molar-refractivity contribution in [3.63, 3.8) is 0 Å². The van der Waals surface area contributed by atoms with Crippen LogP contribution in [0.5, 0.6) is 5.75 Å². The van der Waals surface area contributed by atoms with Gasteiger partial charge in [0.1, 0.15) is 5.75 Å². The van der Waals surface area contributed by atoms with E-state index >= 15 is 0 Å². The van der Waals surface area contributed by atoms with E-state index in [1.54, 1.807) is 6.07 Å². The third kappa shape index (κ3) is 3.87. The summed E-state index contributed by atoms with van der Waals surface area (Å²) in [7, 11) is 0. The molecule has 0 saturated carbocycles. The molecule has 0 aliphatic carbocycles. The van der Waals surface area contributed by atoms with Gasteiger partial charge in [0.05, 0.1) is 11.4 Å². The number of phenolic OH excluding ortho intramolecular Hbond substituents is 1. The van der Waals surface area contributed by atoms with Crippen LogP contribution >= 0.6 is 0 Å². The monoisotopic (exact) mass is 351 g/mol. The van der Waals surface area contributed by atoms with Crippen molar-refractivity contribution in [3.8, 4) is 5.75 Å². The lowest BCUT2D eigenvalue weighted by Gasteiger charge is -2.28. The van der Waals surface area contributed by atoms with Crippen molar-refractivity contribution in [2.75, 3.05) is 5.32 Å². The van der Waals surface area contributed by atoms with E-state index in [0.717, 1.165) is 29.7 Å². The molecule has 2 aromatic carbocycles. The van der Waals surface area contributed by atoms with E-state index in [2.05, 4.69) is 22.8 Å². The fourth-order valence-electron chi connectivity index (χ4n) is 3.37. The van der Waals surface area contributed by atoms with Crippen LogP contribution in [0.1, 0.15) is 37.8 Å². The summed E-state index contributed by atoms with van der Waals surface area (Å²) in [6.07, 6.45) is 1.78. The summed E-state index contributed by atoms with van der Waals surface area (Å²) in [6.45, 7) is 4.74. The van der Waals surface area contributed by atoms with Crippen molar-refractivity contribution in [1.29, 1.82) is 0 Å². The number of rotatable bonds is 6. The minimum absolute atomic E-state index is 0.0197. The zero-order valence-electron chi connectivity index (χ0n) is 15.2. The van der Waals surface area contributed by atoms with Gasteiger partial charge in [0, 0.05) is 23.9 Å². The van der Waals surface area contributed by atoms with E-state index in [1.165, 1.54) is 0 Å². The van der Waals surface area contributed by atoms with Crippen molar-refractivity contribution in [2.45, 2.75) is 33.2 Å². The Labute approximate surface area is 154 Å². The number of nitrogens with zero attached hydrogens (tertiary/aromatic N) is 1. The molecule has 5 nitrogen and oxygen atoms in total. The number of amides is 1. The minimum Gasteiger partial charge on any atom is -0.506 e. The Bertz CT molecular complexity index is 802. The summed E-state index contributed by atoms with van der Waals surface area (Å²) in [5, 5.41) is 17.9. The molecule has 1 amide bonds. The molecule has 0 bridgehead atoms. The molecule has 26 heavy (non-hydrogen) atoms. The zero-order valence-corrected chi connectivity index (χ0v) is 15.2. The van der Waals surface area contributed by atoms with Gasteiger partial charge < -0.3 is 10.4 Å². The van der Waals surface area contributed by atoms with Crippen molar-refractivity contribution >= 4 is 17.3 Å². The van der Waals surface area contributed by atoms with Crippen molar-refractivity contribution < 1.29 is 9.90 Å². The van der Waals surface area contributed by atoms with Crippen molar-refractivity contribution in [1.82, 2.24) is 5.43 Å². The van der Waals surface area contributed by atoms with E-state index < -0.39 is 0 Å². The molecule has 2 unspecified atom stereocenters. The highest BCUT2D eigenvalue weighted by Gasteiger charge is 2.32. The van der Waals surface area contributed by atoms with Gasteiger partial charge in [-0.15, -0.1) is 0 Å². The van der Waals surface area contributed by atoms with Gasteiger partial charge in [-0.2, -0.15) is 5.10 Å². The Hall–Kier alpha value is -2.82. The number of anilines is 1. The molecule has 0 aromatic heterocycles. The molecule has 1 heterocycles. The summed E-state index contributed by atoms with van der Waals surface area (Å²) in [5.41, 5.74) is 6.10. The molecular formula is C21H25N3O2. The Morgan fingerprint density at radius 2 is 1.96 bits per heavy atom. The third-order valence-electron chi connectivity index (χ3n) is 4.88. The lowest BCUT2D eigenvalue weighted by molar-refractivity contribution is -0.126. The summed E-state index contributed by atoms with van der Waals surface area (Å²) in [4.78, 5) is 12.0. The lowest BCUT2D eigenvalue weighted by Crippen LogP contribution is -2.41. The third-order valence-corrected chi connectivity index (χ3v) is 4.88. The van der Waals surface area contributed by atoms with E-state index in [4.69, 9.17) is 0 Å². The molecule has 0 spiro atoms. The number of carbonyl (C=O) groups excluding carboxylic acids is 1. The van der Waals surface area contributed by atoms with Gasteiger partial charge in [-0.05, 0) is 24.1 Å². The van der Waals surface area contributed by atoms with E-state index in [1.807, 2.05) is 49.4 Å². The average Bonchev–Trinajstić information content (AvgIpc) is 2.65. The summed E-state index contributed by atoms with van der Waals surface area (Å²) in [5.74, 6) is 0.0995. The van der Waals surface area contributed by atoms with Crippen LogP contribution in [0.4, 0.5) is 5.69 Å². The van der Waals surface area contributed by atoms with Crippen molar-refractivity contribution in [2.24, 2.45) is 16.9 Å². The van der Waals surface area contributed by atoms with Gasteiger partial charge in [-0.25, -0.2) is 5.43 Å². The molecular weight excluding hydrogens is 326 g/mol. The molecule has 0 radical (unpaired) electrons. The van der Waals surface area contributed by atoms with E-state index in [9.17, 15) is 9.90 Å². The van der Waals surface area contributed by atoms with Gasteiger partial charge >= 0.3 is 0 Å². The molecule has 0 saturated heterocycles. The number of benzene rings is 2. The summed E-state index contributed by atoms with van der Waals surface area (Å²) >= 11 is 0. The van der Waals surface area contributed by atoms with E-state index in [-0.39, 0.29) is 23.5 Å². The number of nitrogens with one attached hydrogen (secondary N) is 2. The first-order valence-corrected chi connectivity index (χ1v) is 9.08. The molecule has 5 heteroatoms. The topological polar surface area (TPSA) is 73.7 Å². The van der Waals surface area contributed by atoms with Crippen LogP contribution in [0.25, 0.3) is 0 Å². The Morgan fingerprint density at radius 3 is 2.65 bits per heavy atom. The van der Waals surface area contributed by atoms with Gasteiger partial charge in [0.15, 0.2) is 0 Å². The normalized spacial score (nSPS) is 19.6. The van der Waals surface area contributed by atoms with Crippen molar-refractivity contribution in [3.05, 3.63) is 59.7 Å². The zero-order chi connectivity index (χ0) is 18.5. The highest BCUT2D eigenvalue weighted by atomic mass is 16.3. The van der Waals surface area contributed by atoms with Gasteiger partial charge in [-0.1, -0.05) is 56.7 Å². The second-order valence-electron chi connectivity index (χ2n) is 6.73. The van der Waals surface area contributed by atoms with E-state index in [0.29, 0.717) is 12.2 Å². The van der Waals surface area contributed by atoms with Gasteiger partial charge in [0.25, 0.3) is 0 Å². The maximum atomic E-state index is 12.0. The fourth-order valence-corrected chi connectivity index (χ4v) is 3.37. The van der Waals surface area contributed by atoms with Crippen LogP contribution in [0, 0.1) is 11.8 Å².